The van der Waals surface area contributed by atoms with Crippen LogP contribution in [-0.4, -0.2) is 28.9 Å². The highest BCUT2D eigenvalue weighted by Crippen LogP contribution is 2.47. The molecule has 0 atom stereocenters. The number of benzene rings is 1. The Balaban J connectivity index is 2.17. The van der Waals surface area contributed by atoms with Crippen LogP contribution in [0.25, 0.3) is 0 Å². The average molecular weight is 289 g/mol. The third-order valence-corrected chi connectivity index (χ3v) is 4.42. The number of carbonyl (C=O) groups is 1. The molecule has 2 rings (SSSR count). The highest BCUT2D eigenvalue weighted by molar-refractivity contribution is 6.07. The van der Waals surface area contributed by atoms with Crippen LogP contribution in [0.4, 0.5) is 0 Å². The Kier molecular flexibility index (Phi) is 4.21. The monoisotopic (exact) mass is 289 g/mol. The van der Waals surface area contributed by atoms with Gasteiger partial charge in [-0.15, -0.1) is 0 Å². The van der Waals surface area contributed by atoms with Gasteiger partial charge in [0.15, 0.2) is 5.84 Å². The normalized spacial score (nSPS) is 25.3. The maximum Gasteiger partial charge on any atom is 0.236 e. The van der Waals surface area contributed by atoms with Gasteiger partial charge in [0.1, 0.15) is 5.41 Å². The molecule has 114 valence electrons. The Morgan fingerprint density at radius 2 is 2.10 bits per heavy atom. The van der Waals surface area contributed by atoms with Gasteiger partial charge in [0.05, 0.1) is 0 Å². The fourth-order valence-corrected chi connectivity index (χ4v) is 3.20. The van der Waals surface area contributed by atoms with Crippen molar-refractivity contribution in [1.29, 1.82) is 0 Å². The Hall–Kier alpha value is -2.04. The maximum absolute atomic E-state index is 12.8. The Morgan fingerprint density at radius 1 is 1.48 bits per heavy atom. The van der Waals surface area contributed by atoms with E-state index in [0.717, 1.165) is 11.1 Å². The summed E-state index contributed by atoms with van der Waals surface area (Å²) < 4.78 is 0. The zero-order valence-corrected chi connectivity index (χ0v) is 12.8. The molecule has 21 heavy (non-hydrogen) atoms. The van der Waals surface area contributed by atoms with Gasteiger partial charge in [0, 0.05) is 13.6 Å². The lowest BCUT2D eigenvalue weighted by atomic mass is 9.61. The van der Waals surface area contributed by atoms with Crippen molar-refractivity contribution in [1.82, 2.24) is 4.90 Å². The highest BCUT2D eigenvalue weighted by Gasteiger charge is 2.53. The van der Waals surface area contributed by atoms with E-state index >= 15 is 0 Å². The number of oxime groups is 1. The molecule has 1 aliphatic carbocycles. The topological polar surface area (TPSA) is 78.9 Å². The van der Waals surface area contributed by atoms with E-state index in [4.69, 9.17) is 10.9 Å². The van der Waals surface area contributed by atoms with Crippen LogP contribution in [0.2, 0.25) is 0 Å². The summed E-state index contributed by atoms with van der Waals surface area (Å²) in [5.74, 6) is 0.377. The Labute approximate surface area is 125 Å². The lowest BCUT2D eigenvalue weighted by Gasteiger charge is -2.45. The zero-order valence-electron chi connectivity index (χ0n) is 12.8. The van der Waals surface area contributed by atoms with Crippen LogP contribution in [0, 0.1) is 18.3 Å². The van der Waals surface area contributed by atoms with Crippen molar-refractivity contribution in [3.8, 4) is 0 Å². The predicted molar refractivity (Wildman–Crippen MR) is 81.9 cm³/mol. The van der Waals surface area contributed by atoms with Gasteiger partial charge in [-0.2, -0.15) is 0 Å². The van der Waals surface area contributed by atoms with Crippen LogP contribution < -0.4 is 5.73 Å². The molecular weight excluding hydrogens is 266 g/mol. The van der Waals surface area contributed by atoms with Crippen molar-refractivity contribution in [3.63, 3.8) is 0 Å². The Bertz CT molecular complexity index is 562. The van der Waals surface area contributed by atoms with Gasteiger partial charge in [0.25, 0.3) is 0 Å². The number of hydrogen-bond acceptors (Lipinski definition) is 3. The van der Waals surface area contributed by atoms with Crippen molar-refractivity contribution in [2.75, 3.05) is 7.05 Å². The first kappa shape index (κ1) is 15.4. The van der Waals surface area contributed by atoms with Crippen molar-refractivity contribution < 1.29 is 10.0 Å². The summed E-state index contributed by atoms with van der Waals surface area (Å²) in [6.45, 7) is 4.62. The molecule has 0 unspecified atom stereocenters. The molecule has 1 fully saturated rings. The predicted octanol–water partition coefficient (Wildman–Crippen LogP) is 2.12. The van der Waals surface area contributed by atoms with E-state index in [2.05, 4.69) is 12.1 Å². The molecule has 0 aliphatic heterocycles. The van der Waals surface area contributed by atoms with Gasteiger partial charge < -0.3 is 15.8 Å². The molecule has 0 spiro atoms. The number of amidine groups is 1. The van der Waals surface area contributed by atoms with E-state index < -0.39 is 5.41 Å². The number of nitrogens with zero attached hydrogens (tertiary/aromatic N) is 2. The number of aryl methyl sites for hydroxylation is 1. The van der Waals surface area contributed by atoms with Crippen LogP contribution in [0.3, 0.4) is 0 Å². The van der Waals surface area contributed by atoms with E-state index in [1.165, 1.54) is 0 Å². The van der Waals surface area contributed by atoms with Crippen LogP contribution in [0.1, 0.15) is 30.9 Å². The summed E-state index contributed by atoms with van der Waals surface area (Å²) in [5.41, 5.74) is 7.22. The molecule has 0 radical (unpaired) electrons. The van der Waals surface area contributed by atoms with Crippen LogP contribution in [0.15, 0.2) is 29.4 Å². The summed E-state index contributed by atoms with van der Waals surface area (Å²) in [5, 5.41) is 12.1. The standard InChI is InChI=1S/C16H23N3O2/c1-11-8-16(9-11,14(17)18-21)15(20)19(3)10-13-7-5-4-6-12(13)2/h4-7,11,21H,8-10H2,1-3H3,(H2,17,18). The molecular formula is C16H23N3O2. The molecule has 3 N–H and O–H groups in total. The lowest BCUT2D eigenvalue weighted by molar-refractivity contribution is -0.143. The van der Waals surface area contributed by atoms with E-state index in [1.54, 1.807) is 11.9 Å². The van der Waals surface area contributed by atoms with Gasteiger partial charge in [0.2, 0.25) is 5.91 Å². The SMILES string of the molecule is Cc1ccccc1CN(C)C(=O)C1(/C(N)=N/O)CC(C)C1. The summed E-state index contributed by atoms with van der Waals surface area (Å²) in [4.78, 5) is 14.4. The average Bonchev–Trinajstić information content (AvgIpc) is 2.44. The quantitative estimate of drug-likeness (QED) is 0.386. The second-order valence-corrected chi connectivity index (χ2v) is 6.17. The van der Waals surface area contributed by atoms with Gasteiger partial charge in [-0.3, -0.25) is 4.79 Å². The van der Waals surface area contributed by atoms with Crippen LogP contribution in [0.5, 0.6) is 0 Å². The fourth-order valence-electron chi connectivity index (χ4n) is 3.20. The number of nitrogens with two attached hydrogens (primary N) is 1. The zero-order chi connectivity index (χ0) is 15.6. The van der Waals surface area contributed by atoms with Crippen LogP contribution >= 0.6 is 0 Å². The molecule has 1 aliphatic rings. The summed E-state index contributed by atoms with van der Waals surface area (Å²) >= 11 is 0. The largest absolute Gasteiger partial charge is 0.409 e. The van der Waals surface area contributed by atoms with Crippen molar-refractivity contribution in [2.24, 2.45) is 22.2 Å². The van der Waals surface area contributed by atoms with Gasteiger partial charge >= 0.3 is 0 Å². The molecule has 1 aromatic rings. The Morgan fingerprint density at radius 3 is 2.62 bits per heavy atom. The van der Waals surface area contributed by atoms with Crippen LogP contribution in [-0.2, 0) is 11.3 Å². The minimum Gasteiger partial charge on any atom is -0.409 e. The minimum atomic E-state index is -0.828. The van der Waals surface area contributed by atoms with E-state index in [-0.39, 0.29) is 11.7 Å². The highest BCUT2D eigenvalue weighted by atomic mass is 16.4. The second-order valence-electron chi connectivity index (χ2n) is 6.17. The van der Waals surface area contributed by atoms with E-state index in [0.29, 0.717) is 25.3 Å². The van der Waals surface area contributed by atoms with Gasteiger partial charge in [-0.25, -0.2) is 0 Å². The first-order valence-corrected chi connectivity index (χ1v) is 7.19. The summed E-state index contributed by atoms with van der Waals surface area (Å²) in [6.07, 6.45) is 1.28. The molecule has 1 aromatic carbocycles. The number of amides is 1. The molecule has 0 saturated heterocycles. The minimum absolute atomic E-state index is 0.0298. The van der Waals surface area contributed by atoms with E-state index in [1.807, 2.05) is 31.2 Å². The first-order valence-electron chi connectivity index (χ1n) is 7.19. The lowest BCUT2D eigenvalue weighted by Crippen LogP contribution is -2.56. The van der Waals surface area contributed by atoms with E-state index in [9.17, 15) is 4.79 Å². The first-order chi connectivity index (χ1) is 9.90. The number of rotatable bonds is 4. The maximum atomic E-state index is 12.8. The molecule has 1 amide bonds. The fraction of sp³-hybridized carbons (Fsp3) is 0.500. The summed E-state index contributed by atoms with van der Waals surface area (Å²) in [7, 11) is 1.77. The molecule has 1 saturated carbocycles. The second kappa shape index (κ2) is 5.76. The molecule has 0 heterocycles. The van der Waals surface area contributed by atoms with Gasteiger partial charge in [-0.05, 0) is 36.8 Å². The summed E-state index contributed by atoms with van der Waals surface area (Å²) in [6, 6.07) is 7.98. The molecule has 5 heteroatoms. The van der Waals surface area contributed by atoms with Gasteiger partial charge in [-0.1, -0.05) is 36.3 Å². The number of carbonyl (C=O) groups excluding carboxylic acids is 1. The third-order valence-electron chi connectivity index (χ3n) is 4.42. The third kappa shape index (κ3) is 2.73. The molecule has 5 nitrogen and oxygen atoms in total. The number of hydrogen-bond donors (Lipinski definition) is 2. The molecule has 0 aromatic heterocycles. The van der Waals surface area contributed by atoms with Crippen molar-refractivity contribution >= 4 is 11.7 Å². The van der Waals surface area contributed by atoms with Crippen molar-refractivity contribution in [2.45, 2.75) is 33.2 Å². The van der Waals surface area contributed by atoms with Crippen molar-refractivity contribution in [3.05, 3.63) is 35.4 Å². The molecule has 0 bridgehead atoms. The smallest absolute Gasteiger partial charge is 0.236 e.